The third kappa shape index (κ3) is 3.31. The number of hydrogen-bond acceptors (Lipinski definition) is 3. The van der Waals surface area contributed by atoms with Crippen LogP contribution < -0.4 is 0 Å². The topological polar surface area (TPSA) is 53.5 Å². The molecule has 0 unspecified atom stereocenters. The summed E-state index contributed by atoms with van der Waals surface area (Å²) in [5, 5.41) is 0. The van der Waals surface area contributed by atoms with Crippen LogP contribution in [0.4, 0.5) is 4.39 Å². The molecule has 2 rings (SSSR count). The van der Waals surface area contributed by atoms with Crippen LogP contribution in [0.3, 0.4) is 0 Å². The maximum absolute atomic E-state index is 13.1. The number of nitrogens with zero attached hydrogens (tertiary/aromatic N) is 3. The van der Waals surface area contributed by atoms with Gasteiger partial charge in [-0.25, -0.2) is 4.98 Å². The number of carbonyl (C=O) groups excluding carboxylic acids is 2. The van der Waals surface area contributed by atoms with Crippen molar-refractivity contribution in [1.82, 2.24) is 14.8 Å². The molecule has 0 atom stereocenters. The quantitative estimate of drug-likeness (QED) is 0.767. The Morgan fingerprint density at radius 1 is 1.20 bits per heavy atom. The first-order chi connectivity index (χ1) is 9.61. The van der Waals surface area contributed by atoms with E-state index in [1.165, 1.54) is 18.2 Å². The average Bonchev–Trinajstić information content (AvgIpc) is 2.71. The third-order valence-corrected chi connectivity index (χ3v) is 3.37. The fourth-order valence-electron chi connectivity index (χ4n) is 2.28. The Morgan fingerprint density at radius 3 is 2.60 bits per heavy atom. The maximum Gasteiger partial charge on any atom is 0.272 e. The van der Waals surface area contributed by atoms with E-state index in [0.717, 1.165) is 6.42 Å². The number of rotatable bonds is 2. The van der Waals surface area contributed by atoms with Crippen molar-refractivity contribution in [2.75, 3.05) is 26.2 Å². The van der Waals surface area contributed by atoms with Crippen LogP contribution in [0.25, 0.3) is 0 Å². The Labute approximate surface area is 117 Å². The number of hydrogen-bond donors (Lipinski definition) is 0. The minimum atomic E-state index is -0.659. The molecule has 1 aromatic heterocycles. The molecule has 1 aliphatic rings. The second kappa shape index (κ2) is 6.45. The summed E-state index contributed by atoms with van der Waals surface area (Å²) in [5.41, 5.74) is 0.111. The molecule has 0 radical (unpaired) electrons. The SMILES string of the molecule is CCC(=O)N1CCCN(C(=O)c2cccc(F)n2)CC1. The average molecular weight is 279 g/mol. The van der Waals surface area contributed by atoms with Crippen LogP contribution >= 0.6 is 0 Å². The van der Waals surface area contributed by atoms with E-state index in [1.807, 2.05) is 6.92 Å². The van der Waals surface area contributed by atoms with Crippen LogP contribution in [0, 0.1) is 5.95 Å². The molecule has 2 amide bonds. The molecule has 0 N–H and O–H groups in total. The van der Waals surface area contributed by atoms with Crippen LogP contribution in [-0.4, -0.2) is 52.8 Å². The number of aromatic nitrogens is 1. The van der Waals surface area contributed by atoms with E-state index in [9.17, 15) is 14.0 Å². The highest BCUT2D eigenvalue weighted by Crippen LogP contribution is 2.09. The first-order valence-electron chi connectivity index (χ1n) is 6.81. The van der Waals surface area contributed by atoms with Gasteiger partial charge in [-0.3, -0.25) is 9.59 Å². The summed E-state index contributed by atoms with van der Waals surface area (Å²) < 4.78 is 13.1. The lowest BCUT2D eigenvalue weighted by Crippen LogP contribution is -2.37. The van der Waals surface area contributed by atoms with Crippen molar-refractivity contribution in [3.8, 4) is 0 Å². The predicted octanol–water partition coefficient (Wildman–Crippen LogP) is 1.31. The van der Waals surface area contributed by atoms with Gasteiger partial charge in [0.25, 0.3) is 5.91 Å². The van der Waals surface area contributed by atoms with E-state index in [1.54, 1.807) is 9.80 Å². The van der Waals surface area contributed by atoms with Crippen LogP contribution in [0.15, 0.2) is 18.2 Å². The van der Waals surface area contributed by atoms with Crippen molar-refractivity contribution in [2.24, 2.45) is 0 Å². The summed E-state index contributed by atoms with van der Waals surface area (Å²) in [6, 6.07) is 4.19. The largest absolute Gasteiger partial charge is 0.341 e. The molecule has 0 aliphatic carbocycles. The van der Waals surface area contributed by atoms with Gasteiger partial charge in [0.2, 0.25) is 11.9 Å². The summed E-state index contributed by atoms with van der Waals surface area (Å²) in [6.07, 6.45) is 1.20. The van der Waals surface area contributed by atoms with E-state index in [-0.39, 0.29) is 17.5 Å². The predicted molar refractivity (Wildman–Crippen MR) is 71.6 cm³/mol. The minimum absolute atomic E-state index is 0.100. The fraction of sp³-hybridized carbons (Fsp3) is 0.500. The molecule has 0 spiro atoms. The standard InChI is InChI=1S/C14H18FN3O2/c1-2-13(19)17-7-4-8-18(10-9-17)14(20)11-5-3-6-12(15)16-11/h3,5-6H,2,4,7-10H2,1H3. The Morgan fingerprint density at radius 2 is 1.90 bits per heavy atom. The molecule has 1 aromatic rings. The highest BCUT2D eigenvalue weighted by molar-refractivity contribution is 5.92. The van der Waals surface area contributed by atoms with Crippen LogP contribution in [-0.2, 0) is 4.79 Å². The van der Waals surface area contributed by atoms with Gasteiger partial charge in [0, 0.05) is 32.6 Å². The number of amides is 2. The molecule has 1 saturated heterocycles. The lowest BCUT2D eigenvalue weighted by molar-refractivity contribution is -0.130. The van der Waals surface area contributed by atoms with Gasteiger partial charge in [-0.2, -0.15) is 4.39 Å². The van der Waals surface area contributed by atoms with Gasteiger partial charge in [-0.15, -0.1) is 0 Å². The van der Waals surface area contributed by atoms with Gasteiger partial charge in [0.15, 0.2) is 0 Å². The third-order valence-electron chi connectivity index (χ3n) is 3.37. The van der Waals surface area contributed by atoms with Crippen LogP contribution in [0.2, 0.25) is 0 Å². The molecule has 1 fully saturated rings. The lowest BCUT2D eigenvalue weighted by atomic mass is 10.3. The van der Waals surface area contributed by atoms with Crippen molar-refractivity contribution in [3.63, 3.8) is 0 Å². The van der Waals surface area contributed by atoms with E-state index < -0.39 is 5.95 Å². The van der Waals surface area contributed by atoms with Gasteiger partial charge in [0.1, 0.15) is 5.69 Å². The molecule has 20 heavy (non-hydrogen) atoms. The zero-order valence-corrected chi connectivity index (χ0v) is 11.5. The molecule has 2 heterocycles. The summed E-state index contributed by atoms with van der Waals surface area (Å²) in [6.45, 7) is 4.03. The van der Waals surface area contributed by atoms with E-state index in [0.29, 0.717) is 32.6 Å². The maximum atomic E-state index is 13.1. The second-order valence-corrected chi connectivity index (χ2v) is 4.73. The van der Waals surface area contributed by atoms with Crippen molar-refractivity contribution >= 4 is 11.8 Å². The Hall–Kier alpha value is -1.98. The molecule has 1 aliphatic heterocycles. The smallest absolute Gasteiger partial charge is 0.272 e. The van der Waals surface area contributed by atoms with Crippen molar-refractivity contribution in [1.29, 1.82) is 0 Å². The van der Waals surface area contributed by atoms with E-state index >= 15 is 0 Å². The van der Waals surface area contributed by atoms with Crippen molar-refractivity contribution in [3.05, 3.63) is 29.8 Å². The van der Waals surface area contributed by atoms with Crippen molar-refractivity contribution < 1.29 is 14.0 Å². The molecular formula is C14H18FN3O2. The molecule has 0 bridgehead atoms. The second-order valence-electron chi connectivity index (χ2n) is 4.73. The molecule has 6 heteroatoms. The van der Waals surface area contributed by atoms with E-state index in [2.05, 4.69) is 4.98 Å². The van der Waals surface area contributed by atoms with Gasteiger partial charge < -0.3 is 9.80 Å². The summed E-state index contributed by atoms with van der Waals surface area (Å²) in [7, 11) is 0. The van der Waals surface area contributed by atoms with Crippen LogP contribution in [0.1, 0.15) is 30.3 Å². The van der Waals surface area contributed by atoms with Gasteiger partial charge in [-0.1, -0.05) is 13.0 Å². The molecule has 5 nitrogen and oxygen atoms in total. The molecule has 108 valence electrons. The van der Waals surface area contributed by atoms with E-state index in [4.69, 9.17) is 0 Å². The van der Waals surface area contributed by atoms with Crippen molar-refractivity contribution in [2.45, 2.75) is 19.8 Å². The first kappa shape index (κ1) is 14.4. The zero-order valence-electron chi connectivity index (χ0n) is 11.5. The van der Waals surface area contributed by atoms with Crippen LogP contribution in [0.5, 0.6) is 0 Å². The highest BCUT2D eigenvalue weighted by Gasteiger charge is 2.22. The summed E-state index contributed by atoms with van der Waals surface area (Å²) in [4.78, 5) is 30.9. The number of pyridine rings is 1. The minimum Gasteiger partial charge on any atom is -0.341 e. The first-order valence-corrected chi connectivity index (χ1v) is 6.81. The van der Waals surface area contributed by atoms with Gasteiger partial charge >= 0.3 is 0 Å². The van der Waals surface area contributed by atoms with Gasteiger partial charge in [0.05, 0.1) is 0 Å². The zero-order chi connectivity index (χ0) is 14.5. The summed E-state index contributed by atoms with van der Waals surface area (Å²) in [5.74, 6) is -0.841. The Balaban J connectivity index is 2.03. The summed E-state index contributed by atoms with van der Waals surface area (Å²) >= 11 is 0. The highest BCUT2D eigenvalue weighted by atomic mass is 19.1. The monoisotopic (exact) mass is 279 g/mol. The lowest BCUT2D eigenvalue weighted by Gasteiger charge is -2.21. The fourth-order valence-corrected chi connectivity index (χ4v) is 2.28. The molecule has 0 aromatic carbocycles. The van der Waals surface area contributed by atoms with Gasteiger partial charge in [-0.05, 0) is 18.6 Å². The Kier molecular flexibility index (Phi) is 4.65. The normalized spacial score (nSPS) is 15.9. The number of carbonyl (C=O) groups is 2. The molecule has 0 saturated carbocycles. The Bertz CT molecular complexity index is 507. The number of halogens is 1. The molecular weight excluding hydrogens is 261 g/mol.